The van der Waals surface area contributed by atoms with Crippen LogP contribution >= 0.6 is 11.3 Å². The fourth-order valence-electron chi connectivity index (χ4n) is 4.66. The van der Waals surface area contributed by atoms with Crippen molar-refractivity contribution in [3.63, 3.8) is 0 Å². The van der Waals surface area contributed by atoms with E-state index in [0.717, 1.165) is 18.2 Å². The zero-order valence-corrected chi connectivity index (χ0v) is 24.9. The molecule has 4 rings (SSSR count). The second-order valence-corrected chi connectivity index (χ2v) is 14.2. The molecule has 39 heavy (non-hydrogen) atoms. The van der Waals surface area contributed by atoms with Crippen LogP contribution in [-0.2, 0) is 19.5 Å². The molecule has 3 atom stereocenters. The van der Waals surface area contributed by atoms with Crippen molar-refractivity contribution in [3.05, 3.63) is 24.4 Å². The maximum Gasteiger partial charge on any atom is 0.411 e. The van der Waals surface area contributed by atoms with Gasteiger partial charge in [-0.25, -0.2) is 27.7 Å². The van der Waals surface area contributed by atoms with Crippen molar-refractivity contribution < 1.29 is 27.5 Å². The van der Waals surface area contributed by atoms with E-state index in [1.165, 1.54) is 17.4 Å². The smallest absolute Gasteiger partial charge is 0.411 e. The number of anilines is 2. The Hall–Kier alpha value is -2.90. The molecular weight excluding hydrogens is 542 g/mol. The average molecular weight is 580 g/mol. The van der Waals surface area contributed by atoms with Crippen LogP contribution in [0.15, 0.2) is 29.3 Å². The maximum atomic E-state index is 13.4. The standard InChI is InChI=1S/C26H37N5O6S2/c1-14(2)36-24(32)28-16-8-9-17(21(10-16)39(34,35)30-26(5,6)7)20-11-27-23(38-20)31-12-18-19(13-31)22(18)29-25(33)37-15(3)4/h8-11,14-15,18-19,22,30H,12-13H2,1-7H3,(H,28,32)(H,29,33)/t18-,19?,22+/m0/s1. The minimum absolute atomic E-state index is 0.0344. The van der Waals surface area contributed by atoms with Gasteiger partial charge in [-0.1, -0.05) is 17.4 Å². The summed E-state index contributed by atoms with van der Waals surface area (Å²) in [6.07, 6.45) is 0.135. The highest BCUT2D eigenvalue weighted by Gasteiger charge is 2.57. The maximum absolute atomic E-state index is 13.4. The average Bonchev–Trinajstić information content (AvgIpc) is 3.17. The summed E-state index contributed by atoms with van der Waals surface area (Å²) in [5.41, 5.74) is 0.0775. The number of carbonyl (C=O) groups excluding carboxylic acids is 2. The van der Waals surface area contributed by atoms with E-state index in [4.69, 9.17) is 9.47 Å². The largest absolute Gasteiger partial charge is 0.447 e. The molecule has 2 fully saturated rings. The van der Waals surface area contributed by atoms with Crippen molar-refractivity contribution in [2.24, 2.45) is 11.8 Å². The molecule has 1 aliphatic heterocycles. The van der Waals surface area contributed by atoms with E-state index in [2.05, 4.69) is 25.2 Å². The van der Waals surface area contributed by atoms with E-state index < -0.39 is 21.7 Å². The Labute approximate surface area is 233 Å². The lowest BCUT2D eigenvalue weighted by Crippen LogP contribution is -2.40. The Kier molecular flexibility index (Phi) is 8.16. The molecule has 1 saturated heterocycles. The number of alkyl carbamates (subject to hydrolysis) is 1. The summed E-state index contributed by atoms with van der Waals surface area (Å²) in [5.74, 6) is 0.667. The van der Waals surface area contributed by atoms with Crippen LogP contribution in [0.5, 0.6) is 0 Å². The normalized spacial score (nSPS) is 20.6. The van der Waals surface area contributed by atoms with Gasteiger partial charge in [0.1, 0.15) is 0 Å². The number of ether oxygens (including phenoxy) is 2. The summed E-state index contributed by atoms with van der Waals surface area (Å²) in [5, 5.41) is 6.33. The number of thiazole rings is 1. The minimum Gasteiger partial charge on any atom is -0.447 e. The Balaban J connectivity index is 1.53. The molecule has 1 unspecified atom stereocenters. The van der Waals surface area contributed by atoms with Crippen LogP contribution < -0.4 is 20.3 Å². The zero-order chi connectivity index (χ0) is 28.7. The van der Waals surface area contributed by atoms with Crippen molar-refractivity contribution >= 4 is 44.4 Å². The van der Waals surface area contributed by atoms with Crippen LogP contribution in [0.1, 0.15) is 48.5 Å². The molecule has 2 heterocycles. The van der Waals surface area contributed by atoms with E-state index in [9.17, 15) is 18.0 Å². The van der Waals surface area contributed by atoms with E-state index in [1.807, 2.05) is 13.8 Å². The Morgan fingerprint density at radius 3 is 2.26 bits per heavy atom. The molecule has 0 bridgehead atoms. The van der Waals surface area contributed by atoms with Crippen LogP contribution in [0.3, 0.4) is 0 Å². The van der Waals surface area contributed by atoms with Crippen molar-refractivity contribution in [3.8, 4) is 10.4 Å². The predicted octanol–water partition coefficient (Wildman–Crippen LogP) is 4.41. The molecule has 2 aromatic rings. The summed E-state index contributed by atoms with van der Waals surface area (Å²) in [4.78, 5) is 31.5. The van der Waals surface area contributed by atoms with Crippen molar-refractivity contribution in [1.29, 1.82) is 0 Å². The van der Waals surface area contributed by atoms with Gasteiger partial charge in [-0.05, 0) is 60.6 Å². The molecule has 3 N–H and O–H groups in total. The van der Waals surface area contributed by atoms with Gasteiger partial charge in [0.2, 0.25) is 10.0 Å². The van der Waals surface area contributed by atoms with Gasteiger partial charge in [0.15, 0.2) is 5.13 Å². The number of hydrogen-bond acceptors (Lipinski definition) is 9. The number of aromatic nitrogens is 1. The first-order chi connectivity index (χ1) is 18.1. The fraction of sp³-hybridized carbons (Fsp3) is 0.577. The van der Waals surface area contributed by atoms with E-state index >= 15 is 0 Å². The van der Waals surface area contributed by atoms with Gasteiger partial charge in [0.25, 0.3) is 0 Å². The quantitative estimate of drug-likeness (QED) is 0.418. The van der Waals surface area contributed by atoms with E-state index in [0.29, 0.717) is 28.0 Å². The first-order valence-corrected chi connectivity index (χ1v) is 15.3. The van der Waals surface area contributed by atoms with Gasteiger partial charge < -0.3 is 19.7 Å². The number of rotatable bonds is 8. The van der Waals surface area contributed by atoms with Gasteiger partial charge >= 0.3 is 12.2 Å². The second kappa shape index (κ2) is 10.9. The summed E-state index contributed by atoms with van der Waals surface area (Å²) in [6.45, 7) is 13.9. The first kappa shape index (κ1) is 29.1. The summed E-state index contributed by atoms with van der Waals surface area (Å²) < 4.78 is 39.9. The number of nitrogens with one attached hydrogen (secondary N) is 3. The third-order valence-corrected chi connectivity index (χ3v) is 9.04. The van der Waals surface area contributed by atoms with Gasteiger partial charge in [-0.2, -0.15) is 0 Å². The molecule has 1 saturated carbocycles. The molecule has 1 aromatic heterocycles. The number of nitrogens with zero attached hydrogens (tertiary/aromatic N) is 2. The topological polar surface area (TPSA) is 139 Å². The van der Waals surface area contributed by atoms with Crippen LogP contribution in [0.25, 0.3) is 10.4 Å². The Morgan fingerprint density at radius 1 is 1.05 bits per heavy atom. The number of sulfonamides is 1. The molecule has 1 aromatic carbocycles. The number of carbonyl (C=O) groups is 2. The number of piperidine rings is 1. The fourth-order valence-corrected chi connectivity index (χ4v) is 7.37. The number of benzene rings is 1. The van der Waals surface area contributed by atoms with Crippen LogP contribution in [0, 0.1) is 11.8 Å². The molecule has 11 nitrogen and oxygen atoms in total. The lowest BCUT2D eigenvalue weighted by molar-refractivity contribution is 0.114. The molecule has 1 aliphatic carbocycles. The summed E-state index contributed by atoms with van der Waals surface area (Å²) in [6, 6.07) is 4.85. The molecule has 214 valence electrons. The van der Waals surface area contributed by atoms with Crippen LogP contribution in [0.4, 0.5) is 20.4 Å². The van der Waals surface area contributed by atoms with E-state index in [1.54, 1.807) is 52.9 Å². The van der Waals surface area contributed by atoms with Crippen LogP contribution in [-0.4, -0.2) is 62.5 Å². The lowest BCUT2D eigenvalue weighted by Gasteiger charge is -2.22. The number of fused-ring (bicyclic) bond motifs is 1. The highest BCUT2D eigenvalue weighted by atomic mass is 32.2. The predicted molar refractivity (Wildman–Crippen MR) is 151 cm³/mol. The Morgan fingerprint density at radius 2 is 1.67 bits per heavy atom. The number of hydrogen-bond donors (Lipinski definition) is 3. The highest BCUT2D eigenvalue weighted by molar-refractivity contribution is 7.89. The third-order valence-electron chi connectivity index (χ3n) is 6.15. The highest BCUT2D eigenvalue weighted by Crippen LogP contribution is 2.48. The van der Waals surface area contributed by atoms with Gasteiger partial charge in [-0.15, -0.1) is 0 Å². The zero-order valence-electron chi connectivity index (χ0n) is 23.3. The first-order valence-electron chi connectivity index (χ1n) is 13.0. The van der Waals surface area contributed by atoms with Crippen molar-refractivity contribution in [2.75, 3.05) is 23.3 Å². The summed E-state index contributed by atoms with van der Waals surface area (Å²) >= 11 is 1.40. The van der Waals surface area contributed by atoms with Crippen molar-refractivity contribution in [2.45, 2.75) is 77.2 Å². The lowest BCUT2D eigenvalue weighted by atomic mass is 10.1. The van der Waals surface area contributed by atoms with Gasteiger partial charge in [-0.3, -0.25) is 5.32 Å². The summed E-state index contributed by atoms with van der Waals surface area (Å²) in [7, 11) is -3.95. The Bertz CT molecular complexity index is 1320. The minimum atomic E-state index is -3.95. The molecule has 0 spiro atoms. The van der Waals surface area contributed by atoms with Gasteiger partial charge in [0, 0.05) is 54.0 Å². The van der Waals surface area contributed by atoms with E-state index in [-0.39, 0.29) is 29.2 Å². The molecule has 13 heteroatoms. The van der Waals surface area contributed by atoms with Crippen molar-refractivity contribution in [1.82, 2.24) is 15.0 Å². The third kappa shape index (κ3) is 7.20. The van der Waals surface area contributed by atoms with Crippen LogP contribution in [0.2, 0.25) is 0 Å². The molecule has 0 radical (unpaired) electrons. The SMILES string of the molecule is CC(C)OC(=O)Nc1ccc(-c2cnc(N3CC4[C@H](C3)[C@H]4NC(=O)OC(C)C)s2)c(S(=O)(=O)NC(C)(C)C)c1. The number of amides is 2. The monoisotopic (exact) mass is 579 g/mol. The molecular formula is C26H37N5O6S2. The van der Waals surface area contributed by atoms with Gasteiger partial charge in [0.05, 0.1) is 22.0 Å². The molecule has 2 aliphatic rings. The molecule has 2 amide bonds. The second-order valence-electron chi connectivity index (χ2n) is 11.5.